The second kappa shape index (κ2) is 3.74. The fourth-order valence-electron chi connectivity index (χ4n) is 2.21. The summed E-state index contributed by atoms with van der Waals surface area (Å²) in [6.45, 7) is 0.991. The van der Waals surface area contributed by atoms with Crippen LogP contribution in [-0.2, 0) is 13.0 Å². The predicted molar refractivity (Wildman–Crippen MR) is 60.6 cm³/mol. The van der Waals surface area contributed by atoms with Gasteiger partial charge in [0, 0.05) is 17.8 Å². The minimum absolute atomic E-state index is 0.205. The molecule has 0 N–H and O–H groups in total. The quantitative estimate of drug-likeness (QED) is 0.716. The number of fused-ring (bicyclic) bond motifs is 1. The van der Waals surface area contributed by atoms with E-state index in [9.17, 15) is 4.39 Å². The average Bonchev–Trinajstić information content (AvgIpc) is 2.72. The van der Waals surface area contributed by atoms with Gasteiger partial charge in [-0.2, -0.15) is 5.10 Å². The van der Waals surface area contributed by atoms with Gasteiger partial charge in [-0.15, -0.1) is 0 Å². The molecule has 1 aromatic heterocycles. The third-order valence-corrected chi connectivity index (χ3v) is 3.04. The highest BCUT2D eigenvalue weighted by Crippen LogP contribution is 2.23. The summed E-state index contributed by atoms with van der Waals surface area (Å²) in [6.07, 6.45) is 3.51. The molecule has 0 unspecified atom stereocenters. The van der Waals surface area contributed by atoms with Crippen molar-refractivity contribution in [3.05, 3.63) is 41.8 Å². The summed E-state index contributed by atoms with van der Waals surface area (Å²) in [5, 5.41) is 4.51. The third kappa shape index (κ3) is 1.62. The number of hydrogen-bond donors (Lipinski definition) is 0. The molecule has 0 fully saturated rings. The number of nitrogens with zero attached hydrogens (tertiary/aromatic N) is 2. The van der Waals surface area contributed by atoms with E-state index in [0.29, 0.717) is 0 Å². The van der Waals surface area contributed by atoms with Gasteiger partial charge in [-0.25, -0.2) is 4.39 Å². The molecule has 0 saturated carbocycles. The number of rotatable bonds is 1. The lowest BCUT2D eigenvalue weighted by Gasteiger charge is -2.11. The topological polar surface area (TPSA) is 17.8 Å². The second-order valence-electron chi connectivity index (χ2n) is 4.21. The van der Waals surface area contributed by atoms with E-state index in [1.165, 1.54) is 30.7 Å². The molecule has 2 aromatic rings. The summed E-state index contributed by atoms with van der Waals surface area (Å²) < 4.78 is 15.1. The normalized spacial score (nSPS) is 14.8. The van der Waals surface area contributed by atoms with Crippen LogP contribution in [0.5, 0.6) is 0 Å². The molecule has 1 aliphatic rings. The van der Waals surface area contributed by atoms with Crippen LogP contribution in [0.3, 0.4) is 0 Å². The Morgan fingerprint density at radius 2 is 2.12 bits per heavy atom. The molecule has 0 aliphatic carbocycles. The van der Waals surface area contributed by atoms with Gasteiger partial charge in [-0.3, -0.25) is 4.68 Å². The van der Waals surface area contributed by atoms with Gasteiger partial charge >= 0.3 is 0 Å². The van der Waals surface area contributed by atoms with Crippen LogP contribution in [-0.4, -0.2) is 9.78 Å². The van der Waals surface area contributed by atoms with Gasteiger partial charge in [0.05, 0.1) is 5.69 Å². The number of hydrogen-bond acceptors (Lipinski definition) is 1. The van der Waals surface area contributed by atoms with Crippen LogP contribution in [0.1, 0.15) is 18.5 Å². The lowest BCUT2D eigenvalue weighted by atomic mass is 10.1. The van der Waals surface area contributed by atoms with Gasteiger partial charge in [0.15, 0.2) is 0 Å². The minimum atomic E-state index is -0.205. The Hall–Kier alpha value is -1.64. The van der Waals surface area contributed by atoms with E-state index in [1.807, 2.05) is 10.7 Å². The van der Waals surface area contributed by atoms with Crippen LogP contribution in [0.4, 0.5) is 4.39 Å². The van der Waals surface area contributed by atoms with Gasteiger partial charge in [-0.05, 0) is 37.5 Å². The van der Waals surface area contributed by atoms with Crippen LogP contribution < -0.4 is 0 Å². The molecule has 0 spiro atoms. The van der Waals surface area contributed by atoms with Crippen LogP contribution >= 0.6 is 0 Å². The first-order valence-electron chi connectivity index (χ1n) is 5.65. The molecule has 3 rings (SSSR count). The zero-order valence-electron chi connectivity index (χ0n) is 8.99. The smallest absolute Gasteiger partial charge is 0.123 e. The lowest BCUT2D eigenvalue weighted by Crippen LogP contribution is -2.10. The summed E-state index contributed by atoms with van der Waals surface area (Å²) in [7, 11) is 0. The molecule has 1 aromatic carbocycles. The highest BCUT2D eigenvalue weighted by Gasteiger charge is 2.13. The molecule has 2 nitrogen and oxygen atoms in total. The molecular formula is C13H13FN2. The monoisotopic (exact) mass is 216 g/mol. The first kappa shape index (κ1) is 9.58. The Bertz CT molecular complexity index is 493. The van der Waals surface area contributed by atoms with Crippen molar-refractivity contribution in [1.82, 2.24) is 9.78 Å². The highest BCUT2D eigenvalue weighted by molar-refractivity contribution is 5.59. The van der Waals surface area contributed by atoms with Crippen molar-refractivity contribution in [1.29, 1.82) is 0 Å². The molecule has 0 amide bonds. The number of halogens is 1. The van der Waals surface area contributed by atoms with Gasteiger partial charge in [0.2, 0.25) is 0 Å². The summed E-state index contributed by atoms with van der Waals surface area (Å²) in [4.78, 5) is 0. The Morgan fingerprint density at radius 1 is 1.19 bits per heavy atom. The van der Waals surface area contributed by atoms with E-state index >= 15 is 0 Å². The average molecular weight is 216 g/mol. The summed E-state index contributed by atoms with van der Waals surface area (Å²) in [5.41, 5.74) is 3.02. The van der Waals surface area contributed by atoms with Crippen molar-refractivity contribution in [2.45, 2.75) is 25.8 Å². The van der Waals surface area contributed by atoms with E-state index in [4.69, 9.17) is 0 Å². The number of aryl methyl sites for hydroxylation is 2. The summed E-state index contributed by atoms with van der Waals surface area (Å²) >= 11 is 0. The van der Waals surface area contributed by atoms with Crippen molar-refractivity contribution >= 4 is 0 Å². The van der Waals surface area contributed by atoms with Crippen molar-refractivity contribution in [3.63, 3.8) is 0 Å². The molecule has 0 saturated heterocycles. The van der Waals surface area contributed by atoms with Crippen LogP contribution in [0.15, 0.2) is 30.3 Å². The Kier molecular flexibility index (Phi) is 2.24. The van der Waals surface area contributed by atoms with Crippen LogP contribution in [0, 0.1) is 5.82 Å². The Labute approximate surface area is 93.7 Å². The van der Waals surface area contributed by atoms with E-state index in [2.05, 4.69) is 11.2 Å². The molecule has 3 heteroatoms. The molecule has 82 valence electrons. The Morgan fingerprint density at radius 3 is 2.94 bits per heavy atom. The molecule has 1 aliphatic heterocycles. The predicted octanol–water partition coefficient (Wildman–Crippen LogP) is 3.03. The largest absolute Gasteiger partial charge is 0.269 e. The van der Waals surface area contributed by atoms with Crippen molar-refractivity contribution in [2.24, 2.45) is 0 Å². The standard InChI is InChI=1S/C13H13FN2/c14-11-5-3-4-10(8-11)13-9-12-6-1-2-7-16(12)15-13/h3-5,8-9H,1-2,6-7H2. The van der Waals surface area contributed by atoms with Gasteiger partial charge in [0.25, 0.3) is 0 Å². The molecule has 0 bridgehead atoms. The Balaban J connectivity index is 2.03. The highest BCUT2D eigenvalue weighted by atomic mass is 19.1. The minimum Gasteiger partial charge on any atom is -0.269 e. The maximum atomic E-state index is 13.1. The number of aromatic nitrogens is 2. The molecule has 0 atom stereocenters. The summed E-state index contributed by atoms with van der Waals surface area (Å²) in [6, 6.07) is 8.70. The number of benzene rings is 1. The third-order valence-electron chi connectivity index (χ3n) is 3.04. The zero-order chi connectivity index (χ0) is 11.0. The van der Waals surface area contributed by atoms with Crippen LogP contribution in [0.25, 0.3) is 11.3 Å². The van der Waals surface area contributed by atoms with Gasteiger partial charge < -0.3 is 0 Å². The molecule has 0 radical (unpaired) electrons. The van der Waals surface area contributed by atoms with E-state index in [1.54, 1.807) is 6.07 Å². The van der Waals surface area contributed by atoms with E-state index in [-0.39, 0.29) is 5.82 Å². The maximum absolute atomic E-state index is 13.1. The fraction of sp³-hybridized carbons (Fsp3) is 0.308. The maximum Gasteiger partial charge on any atom is 0.123 e. The lowest BCUT2D eigenvalue weighted by molar-refractivity contribution is 0.487. The van der Waals surface area contributed by atoms with Crippen molar-refractivity contribution in [3.8, 4) is 11.3 Å². The molecular weight excluding hydrogens is 203 g/mol. The van der Waals surface area contributed by atoms with Crippen molar-refractivity contribution < 1.29 is 4.39 Å². The second-order valence-corrected chi connectivity index (χ2v) is 4.21. The zero-order valence-corrected chi connectivity index (χ0v) is 8.99. The first-order chi connectivity index (χ1) is 7.83. The summed E-state index contributed by atoms with van der Waals surface area (Å²) in [5.74, 6) is -0.205. The van der Waals surface area contributed by atoms with E-state index < -0.39 is 0 Å². The first-order valence-corrected chi connectivity index (χ1v) is 5.65. The fourth-order valence-corrected chi connectivity index (χ4v) is 2.21. The van der Waals surface area contributed by atoms with Crippen molar-refractivity contribution in [2.75, 3.05) is 0 Å². The molecule has 16 heavy (non-hydrogen) atoms. The SMILES string of the molecule is Fc1cccc(-c2cc3n(n2)CCCC3)c1. The van der Waals surface area contributed by atoms with Gasteiger partial charge in [0.1, 0.15) is 5.82 Å². The van der Waals surface area contributed by atoms with Gasteiger partial charge in [-0.1, -0.05) is 12.1 Å². The molecule has 2 heterocycles. The van der Waals surface area contributed by atoms with E-state index in [0.717, 1.165) is 24.2 Å². The van der Waals surface area contributed by atoms with Crippen LogP contribution in [0.2, 0.25) is 0 Å².